The summed E-state index contributed by atoms with van der Waals surface area (Å²) in [7, 11) is 1.59. The first-order chi connectivity index (χ1) is 14.3. The van der Waals surface area contributed by atoms with Gasteiger partial charge in [0, 0.05) is 31.4 Å². The number of hydroxylamine groups is 2. The Bertz CT molecular complexity index is 708. The normalized spacial score (nSPS) is 14.2. The van der Waals surface area contributed by atoms with Gasteiger partial charge in [-0.1, -0.05) is 23.7 Å². The van der Waals surface area contributed by atoms with Crippen LogP contribution in [0.2, 0.25) is 0 Å². The van der Waals surface area contributed by atoms with Crippen LogP contribution in [0, 0.1) is 0 Å². The van der Waals surface area contributed by atoms with E-state index in [0.717, 1.165) is 0 Å². The molecule has 0 aliphatic rings. The van der Waals surface area contributed by atoms with Crippen LogP contribution in [0.25, 0.3) is 0 Å². The van der Waals surface area contributed by atoms with Crippen molar-refractivity contribution in [2.45, 2.75) is 30.0 Å². The Kier molecular flexibility index (Phi) is 13.0. The molecule has 1 amide bonds. The average molecular weight is 499 g/mol. The lowest BCUT2D eigenvalue weighted by Gasteiger charge is -2.34. The number of nitrogens with one attached hydrogen (secondary N) is 1. The molecule has 1 aromatic carbocycles. The van der Waals surface area contributed by atoms with E-state index in [-0.39, 0.29) is 30.3 Å². The number of amides is 1. The van der Waals surface area contributed by atoms with Gasteiger partial charge in [-0.2, -0.15) is 4.84 Å². The summed E-state index contributed by atoms with van der Waals surface area (Å²) < 4.78 is 10.6. The second-order valence-electron chi connectivity index (χ2n) is 6.25. The third kappa shape index (κ3) is 8.40. The van der Waals surface area contributed by atoms with Gasteiger partial charge in [-0.3, -0.25) is 4.79 Å². The fourth-order valence-corrected chi connectivity index (χ4v) is 3.26. The van der Waals surface area contributed by atoms with Crippen LogP contribution in [0.4, 0.5) is 11.4 Å². The van der Waals surface area contributed by atoms with Crippen molar-refractivity contribution in [3.63, 3.8) is 0 Å². The quantitative estimate of drug-likeness (QED) is 0.0726. The summed E-state index contributed by atoms with van der Waals surface area (Å²) in [4.78, 5) is 17.6. The van der Waals surface area contributed by atoms with Gasteiger partial charge in [0.1, 0.15) is 11.4 Å². The number of methoxy groups -OCH3 is 1. The fraction of sp³-hybridized carbons (Fsp3) is 0.500. The molecule has 0 aliphatic heterocycles. The van der Waals surface area contributed by atoms with Crippen LogP contribution in [-0.2, 0) is 19.1 Å². The molecule has 0 spiro atoms. The molecule has 0 aromatic heterocycles. The van der Waals surface area contributed by atoms with E-state index in [1.807, 2.05) is 6.07 Å². The molecule has 0 heterocycles. The molecule has 10 heteroatoms. The van der Waals surface area contributed by atoms with Crippen LogP contribution in [0.3, 0.4) is 0 Å². The van der Waals surface area contributed by atoms with Crippen LogP contribution < -0.4 is 9.96 Å². The van der Waals surface area contributed by atoms with Crippen molar-refractivity contribution in [2.24, 2.45) is 0 Å². The van der Waals surface area contributed by atoms with Crippen molar-refractivity contribution in [3.8, 4) is 0 Å². The third-order valence-corrected chi connectivity index (χ3v) is 5.77. The molecule has 168 valence electrons. The lowest BCUT2D eigenvalue weighted by molar-refractivity contribution is -0.140. The van der Waals surface area contributed by atoms with E-state index in [0.29, 0.717) is 36.0 Å². The van der Waals surface area contributed by atoms with Gasteiger partial charge in [-0.05, 0) is 18.3 Å². The molecular formula is C20H28Cl3N2O4S+. The highest BCUT2D eigenvalue weighted by Gasteiger charge is 2.41. The zero-order valence-corrected chi connectivity index (χ0v) is 20.2. The first-order valence-corrected chi connectivity index (χ1v) is 11.1. The first kappa shape index (κ1) is 27.3. The molecule has 2 unspecified atom stereocenters. The van der Waals surface area contributed by atoms with Gasteiger partial charge >= 0.3 is 0 Å². The second kappa shape index (κ2) is 14.3. The Morgan fingerprint density at radius 3 is 2.67 bits per heavy atom. The van der Waals surface area contributed by atoms with Gasteiger partial charge < -0.3 is 14.8 Å². The van der Waals surface area contributed by atoms with E-state index in [2.05, 4.69) is 11.9 Å². The van der Waals surface area contributed by atoms with Gasteiger partial charge in [0.15, 0.2) is 5.69 Å². The molecule has 1 aromatic rings. The number of hydrogen-bond donors (Lipinski definition) is 1. The number of alkyl halides is 3. The molecule has 0 aliphatic carbocycles. The van der Waals surface area contributed by atoms with E-state index in [1.165, 1.54) is 0 Å². The molecule has 30 heavy (non-hydrogen) atoms. The number of benzene rings is 1. The maximum Gasteiger partial charge on any atom is 0.224 e. The first-order valence-electron chi connectivity index (χ1n) is 9.37. The molecule has 0 saturated heterocycles. The monoisotopic (exact) mass is 497 g/mol. The van der Waals surface area contributed by atoms with Gasteiger partial charge in [0.05, 0.1) is 25.0 Å². The van der Waals surface area contributed by atoms with Crippen molar-refractivity contribution in [1.82, 2.24) is 4.65 Å². The Morgan fingerprint density at radius 2 is 2.07 bits per heavy atom. The molecule has 0 bridgehead atoms. The SMILES string of the molecule is C=CCO[N+](COCCOC)(C(=S)CC(Cl)C(Cl)Cl)c1cccc(NC(=O)CC)c1. The molecular weight excluding hydrogens is 471 g/mol. The van der Waals surface area contributed by atoms with Gasteiger partial charge in [-0.15, -0.1) is 41.4 Å². The summed E-state index contributed by atoms with van der Waals surface area (Å²) >= 11 is 23.9. The highest BCUT2D eigenvalue weighted by Crippen LogP contribution is 2.31. The number of halogens is 3. The zero-order valence-electron chi connectivity index (χ0n) is 17.1. The van der Waals surface area contributed by atoms with E-state index < -0.39 is 10.2 Å². The number of anilines is 1. The molecule has 0 fully saturated rings. The minimum atomic E-state index is -0.810. The predicted octanol–water partition coefficient (Wildman–Crippen LogP) is 5.21. The minimum Gasteiger partial charge on any atom is -0.382 e. The lowest BCUT2D eigenvalue weighted by Crippen LogP contribution is -2.55. The highest BCUT2D eigenvalue weighted by atomic mass is 35.5. The third-order valence-electron chi connectivity index (χ3n) is 4.03. The Balaban J connectivity index is 3.35. The lowest BCUT2D eigenvalue weighted by atomic mass is 10.2. The Morgan fingerprint density at radius 1 is 1.33 bits per heavy atom. The number of hydrogen-bond acceptors (Lipinski definition) is 5. The summed E-state index contributed by atoms with van der Waals surface area (Å²) in [6.45, 7) is 6.49. The number of quaternary nitrogens is 1. The molecule has 2 atom stereocenters. The number of nitrogens with zero attached hydrogens (tertiary/aromatic N) is 1. The molecule has 0 saturated carbocycles. The average Bonchev–Trinajstić information content (AvgIpc) is 2.73. The number of ether oxygens (including phenoxy) is 2. The van der Waals surface area contributed by atoms with Crippen LogP contribution >= 0.6 is 47.0 Å². The maximum absolute atomic E-state index is 11.8. The fourth-order valence-electron chi connectivity index (χ4n) is 2.45. The summed E-state index contributed by atoms with van der Waals surface area (Å²) in [5.74, 6) is -0.107. The largest absolute Gasteiger partial charge is 0.382 e. The predicted molar refractivity (Wildman–Crippen MR) is 128 cm³/mol. The van der Waals surface area contributed by atoms with Crippen molar-refractivity contribution in [3.05, 3.63) is 36.9 Å². The van der Waals surface area contributed by atoms with E-state index >= 15 is 0 Å². The molecule has 0 radical (unpaired) electrons. The van der Waals surface area contributed by atoms with Crippen molar-refractivity contribution in [2.75, 3.05) is 39.0 Å². The Labute approximate surface area is 198 Å². The van der Waals surface area contributed by atoms with Crippen molar-refractivity contribution in [1.29, 1.82) is 0 Å². The van der Waals surface area contributed by atoms with Crippen LogP contribution in [0.1, 0.15) is 19.8 Å². The van der Waals surface area contributed by atoms with Gasteiger partial charge in [-0.25, -0.2) is 0 Å². The summed E-state index contributed by atoms with van der Waals surface area (Å²) in [5.41, 5.74) is 1.26. The van der Waals surface area contributed by atoms with Crippen LogP contribution in [-0.4, -0.2) is 54.8 Å². The van der Waals surface area contributed by atoms with Crippen LogP contribution in [0.15, 0.2) is 36.9 Å². The van der Waals surface area contributed by atoms with E-state index in [4.69, 9.17) is 61.3 Å². The van der Waals surface area contributed by atoms with Gasteiger partial charge in [0.25, 0.3) is 0 Å². The number of carbonyl (C=O) groups is 1. The Hall–Kier alpha value is -0.770. The summed E-state index contributed by atoms with van der Waals surface area (Å²) in [6.07, 6.45) is 2.17. The number of carbonyl (C=O) groups excluding carboxylic acids is 1. The minimum absolute atomic E-state index is 0.0556. The van der Waals surface area contributed by atoms with Crippen molar-refractivity contribution >= 4 is 69.3 Å². The molecule has 1 rings (SSSR count). The second-order valence-corrected chi connectivity index (χ2v) is 8.45. The summed E-state index contributed by atoms with van der Waals surface area (Å²) in [6, 6.07) is 7.20. The number of rotatable bonds is 14. The maximum atomic E-state index is 11.8. The standard InChI is InChI=1S/C20H27Cl3N2O4S/c1-4-9-29-25(14-28-11-10-27-3,19(30)13-17(21)20(22)23)16-8-6-7-15(12-16)24-18(26)5-2/h4,6-8,12,17,20H,1,5,9-11,13-14H2,2-3H3/p+1. The van der Waals surface area contributed by atoms with E-state index in [1.54, 1.807) is 38.3 Å². The smallest absolute Gasteiger partial charge is 0.224 e. The number of thiocarbonyl (C=S) groups is 1. The zero-order chi connectivity index (χ0) is 22.6. The molecule has 6 nitrogen and oxygen atoms in total. The topological polar surface area (TPSA) is 56.8 Å². The van der Waals surface area contributed by atoms with Gasteiger partial charge in [0.2, 0.25) is 17.6 Å². The van der Waals surface area contributed by atoms with E-state index in [9.17, 15) is 4.79 Å². The summed E-state index contributed by atoms with van der Waals surface area (Å²) in [5, 5.41) is 2.22. The molecule has 1 N–H and O–H groups in total. The van der Waals surface area contributed by atoms with Crippen LogP contribution in [0.5, 0.6) is 0 Å². The van der Waals surface area contributed by atoms with Crippen molar-refractivity contribution < 1.29 is 19.1 Å². The highest BCUT2D eigenvalue weighted by molar-refractivity contribution is 7.80.